The number of nitrogens with zero attached hydrogens (tertiary/aromatic N) is 3. The summed E-state index contributed by atoms with van der Waals surface area (Å²) in [6, 6.07) is 6.54. The largest absolute Gasteiger partial charge is 0.341 e. The molecule has 0 fully saturated rings. The zero-order valence-corrected chi connectivity index (χ0v) is 16.9. The molecule has 0 unspecified atom stereocenters. The number of aromatic nitrogens is 3. The highest BCUT2D eigenvalue weighted by Crippen LogP contribution is 2.21. The molecule has 0 spiro atoms. The van der Waals surface area contributed by atoms with Crippen molar-refractivity contribution in [2.45, 2.75) is 44.3 Å². The Kier molecular flexibility index (Phi) is 5.65. The van der Waals surface area contributed by atoms with Gasteiger partial charge in [-0.25, -0.2) is 17.9 Å². The number of carbonyl (C=O) groups excluding carboxylic acids is 1. The summed E-state index contributed by atoms with van der Waals surface area (Å²) in [5, 5.41) is 7.04. The van der Waals surface area contributed by atoms with Crippen LogP contribution in [0.3, 0.4) is 0 Å². The smallest absolute Gasteiger partial charge is 0.326 e. The number of benzene rings is 1. The van der Waals surface area contributed by atoms with Crippen molar-refractivity contribution in [1.29, 1.82) is 0 Å². The summed E-state index contributed by atoms with van der Waals surface area (Å²) in [7, 11) is -4.66. The fourth-order valence-corrected chi connectivity index (χ4v) is 3.82. The number of amides is 1. The van der Waals surface area contributed by atoms with Gasteiger partial charge in [0.2, 0.25) is 15.7 Å². The maximum absolute atomic E-state index is 12.6. The van der Waals surface area contributed by atoms with E-state index in [0.717, 1.165) is 40.4 Å². The lowest BCUT2D eigenvalue weighted by atomic mass is 10.1. The molecule has 0 aliphatic carbocycles. The molecule has 0 saturated heterocycles. The summed E-state index contributed by atoms with van der Waals surface area (Å²) in [6.07, 6.45) is 0.620. The van der Waals surface area contributed by atoms with E-state index in [9.17, 15) is 22.0 Å². The van der Waals surface area contributed by atoms with Crippen molar-refractivity contribution in [2.75, 3.05) is 5.32 Å². The van der Waals surface area contributed by atoms with E-state index < -0.39 is 20.5 Å². The molecule has 2 aromatic heterocycles. The number of hydrogen-bond donors (Lipinski definition) is 1. The average Bonchev–Trinajstić information content (AvgIpc) is 3.02. The minimum Gasteiger partial charge on any atom is -0.326 e. The molecule has 29 heavy (non-hydrogen) atoms. The molecule has 10 heteroatoms. The second-order valence-corrected chi connectivity index (χ2v) is 8.61. The standard InChI is InChI=1S/C19H20F2N4O3S/c1-11-10-17-22-12(2)16(13(3)25(17)24-11)8-9-18(26)23-14-4-6-15(7-5-14)29(27,28)19(20)21/h4-7,10,19H,8-9H2,1-3H3,(H,23,26). The van der Waals surface area contributed by atoms with Gasteiger partial charge in [0.1, 0.15) is 0 Å². The van der Waals surface area contributed by atoms with Gasteiger partial charge in [0.25, 0.3) is 0 Å². The zero-order chi connectivity index (χ0) is 21.3. The molecule has 0 aliphatic rings. The highest BCUT2D eigenvalue weighted by atomic mass is 32.2. The molecule has 7 nitrogen and oxygen atoms in total. The third-order valence-corrected chi connectivity index (χ3v) is 5.99. The second kappa shape index (κ2) is 7.86. The predicted molar refractivity (Wildman–Crippen MR) is 104 cm³/mol. The van der Waals surface area contributed by atoms with E-state index in [2.05, 4.69) is 15.4 Å². The lowest BCUT2D eigenvalue weighted by molar-refractivity contribution is -0.116. The fourth-order valence-electron chi connectivity index (χ4n) is 3.10. The molecule has 154 valence electrons. The number of hydrogen-bond acceptors (Lipinski definition) is 5. The van der Waals surface area contributed by atoms with Crippen LogP contribution in [-0.2, 0) is 21.1 Å². The number of aryl methyl sites for hydroxylation is 3. The van der Waals surface area contributed by atoms with Gasteiger partial charge in [-0.15, -0.1) is 0 Å². The van der Waals surface area contributed by atoms with Crippen LogP contribution in [0.25, 0.3) is 5.65 Å². The van der Waals surface area contributed by atoms with Gasteiger partial charge in [0, 0.05) is 29.6 Å². The first kappa shape index (κ1) is 20.8. The quantitative estimate of drug-likeness (QED) is 0.658. The number of carbonyl (C=O) groups is 1. The van der Waals surface area contributed by atoms with E-state index in [-0.39, 0.29) is 12.3 Å². The normalized spacial score (nSPS) is 11.9. The summed E-state index contributed by atoms with van der Waals surface area (Å²) >= 11 is 0. The van der Waals surface area contributed by atoms with E-state index in [0.29, 0.717) is 12.1 Å². The van der Waals surface area contributed by atoms with Crippen LogP contribution < -0.4 is 5.32 Å². The number of sulfone groups is 1. The number of alkyl halides is 2. The van der Waals surface area contributed by atoms with E-state index in [4.69, 9.17) is 0 Å². The van der Waals surface area contributed by atoms with Crippen LogP contribution in [0.2, 0.25) is 0 Å². The minimum absolute atomic E-state index is 0.173. The maximum Gasteiger partial charge on any atom is 0.341 e. The Labute approximate surface area is 166 Å². The predicted octanol–water partition coefficient (Wildman–Crippen LogP) is 3.22. The van der Waals surface area contributed by atoms with E-state index in [1.165, 1.54) is 12.1 Å². The zero-order valence-electron chi connectivity index (χ0n) is 16.1. The molecular weight excluding hydrogens is 402 g/mol. The van der Waals surface area contributed by atoms with Crippen molar-refractivity contribution in [1.82, 2.24) is 14.6 Å². The Morgan fingerprint density at radius 3 is 2.45 bits per heavy atom. The van der Waals surface area contributed by atoms with Gasteiger partial charge in [-0.1, -0.05) is 0 Å². The van der Waals surface area contributed by atoms with Crippen molar-refractivity contribution >= 4 is 27.1 Å². The first-order chi connectivity index (χ1) is 13.6. The van der Waals surface area contributed by atoms with Crippen molar-refractivity contribution < 1.29 is 22.0 Å². The van der Waals surface area contributed by atoms with Crippen LogP contribution in [-0.4, -0.2) is 34.7 Å². The van der Waals surface area contributed by atoms with Crippen LogP contribution in [0.4, 0.5) is 14.5 Å². The number of halogens is 2. The van der Waals surface area contributed by atoms with Gasteiger partial charge in [-0.05, 0) is 57.0 Å². The average molecular weight is 422 g/mol. The number of fused-ring (bicyclic) bond motifs is 1. The molecule has 2 heterocycles. The van der Waals surface area contributed by atoms with Crippen molar-refractivity contribution in [2.24, 2.45) is 0 Å². The highest BCUT2D eigenvalue weighted by Gasteiger charge is 2.26. The molecule has 0 radical (unpaired) electrons. The summed E-state index contributed by atoms with van der Waals surface area (Å²) in [4.78, 5) is 16.3. The molecule has 0 atom stereocenters. The Hall–Kier alpha value is -2.88. The Morgan fingerprint density at radius 2 is 1.83 bits per heavy atom. The minimum atomic E-state index is -4.66. The molecule has 0 bridgehead atoms. The van der Waals surface area contributed by atoms with Crippen LogP contribution in [0.1, 0.15) is 29.1 Å². The van der Waals surface area contributed by atoms with E-state index in [1.807, 2.05) is 26.8 Å². The summed E-state index contributed by atoms with van der Waals surface area (Å²) < 4.78 is 49.7. The lowest BCUT2D eigenvalue weighted by Gasteiger charge is -2.11. The third kappa shape index (κ3) is 4.26. The SMILES string of the molecule is Cc1cc2nc(C)c(CCC(=O)Nc3ccc(S(=O)(=O)C(F)F)cc3)c(C)n2n1. The van der Waals surface area contributed by atoms with Crippen molar-refractivity contribution in [3.8, 4) is 0 Å². The first-order valence-electron chi connectivity index (χ1n) is 8.84. The summed E-state index contributed by atoms with van der Waals surface area (Å²) in [6.45, 7) is 5.68. The van der Waals surface area contributed by atoms with Crippen LogP contribution in [0, 0.1) is 20.8 Å². The second-order valence-electron chi connectivity index (χ2n) is 6.70. The Morgan fingerprint density at radius 1 is 1.17 bits per heavy atom. The molecule has 3 aromatic rings. The van der Waals surface area contributed by atoms with Crippen molar-refractivity contribution in [3.63, 3.8) is 0 Å². The third-order valence-electron chi connectivity index (χ3n) is 4.59. The number of nitrogens with one attached hydrogen (secondary N) is 1. The number of rotatable bonds is 6. The molecule has 0 saturated carbocycles. The molecule has 1 aromatic carbocycles. The fraction of sp³-hybridized carbons (Fsp3) is 0.316. The maximum atomic E-state index is 12.6. The van der Waals surface area contributed by atoms with Gasteiger partial charge in [0.05, 0.1) is 10.6 Å². The van der Waals surface area contributed by atoms with E-state index >= 15 is 0 Å². The van der Waals surface area contributed by atoms with E-state index in [1.54, 1.807) is 4.52 Å². The summed E-state index contributed by atoms with van der Waals surface area (Å²) in [5.41, 5.74) is 4.60. The van der Waals surface area contributed by atoms with Gasteiger partial charge >= 0.3 is 5.76 Å². The van der Waals surface area contributed by atoms with Gasteiger partial charge in [-0.3, -0.25) is 4.79 Å². The topological polar surface area (TPSA) is 93.4 Å². The lowest BCUT2D eigenvalue weighted by Crippen LogP contribution is -2.15. The molecule has 0 aliphatic heterocycles. The Balaban J connectivity index is 1.68. The van der Waals surface area contributed by atoms with Crippen LogP contribution >= 0.6 is 0 Å². The summed E-state index contributed by atoms with van der Waals surface area (Å²) in [5.74, 6) is -3.77. The van der Waals surface area contributed by atoms with Gasteiger partial charge in [0.15, 0.2) is 5.65 Å². The molecular formula is C19H20F2N4O3S. The molecule has 1 N–H and O–H groups in total. The van der Waals surface area contributed by atoms with Gasteiger partial charge in [-0.2, -0.15) is 13.9 Å². The van der Waals surface area contributed by atoms with Crippen molar-refractivity contribution in [3.05, 3.63) is 53.0 Å². The Bertz CT molecular complexity index is 1170. The van der Waals surface area contributed by atoms with Crippen LogP contribution in [0.15, 0.2) is 35.2 Å². The first-order valence-corrected chi connectivity index (χ1v) is 10.4. The molecule has 3 rings (SSSR count). The highest BCUT2D eigenvalue weighted by molar-refractivity contribution is 7.91. The van der Waals surface area contributed by atoms with Gasteiger partial charge < -0.3 is 5.32 Å². The molecule has 1 amide bonds. The van der Waals surface area contributed by atoms with Crippen LogP contribution in [0.5, 0.6) is 0 Å². The number of anilines is 1. The monoisotopic (exact) mass is 422 g/mol.